The average Bonchev–Trinajstić information content (AvgIpc) is 3.20. The minimum Gasteiger partial charge on any atom is -0.345 e. The number of halogens is 1. The molecule has 0 atom stereocenters. The Hall–Kier alpha value is -1.74. The predicted molar refractivity (Wildman–Crippen MR) is 84.2 cm³/mol. The highest BCUT2D eigenvalue weighted by Crippen LogP contribution is 2.28. The van der Waals surface area contributed by atoms with Crippen molar-refractivity contribution in [2.75, 3.05) is 0 Å². The van der Waals surface area contributed by atoms with Crippen molar-refractivity contribution in [1.29, 1.82) is 0 Å². The van der Waals surface area contributed by atoms with Gasteiger partial charge in [-0.15, -0.1) is 0 Å². The fourth-order valence-corrected chi connectivity index (χ4v) is 2.81. The number of hydrogen-bond acceptors (Lipinski definition) is 1. The molecule has 0 radical (unpaired) electrons. The van der Waals surface area contributed by atoms with E-state index in [0.29, 0.717) is 12.6 Å². The molecule has 3 nitrogen and oxygen atoms in total. The van der Waals surface area contributed by atoms with Crippen molar-refractivity contribution in [1.82, 2.24) is 9.47 Å². The van der Waals surface area contributed by atoms with E-state index in [1.165, 1.54) is 0 Å². The molecule has 1 aromatic carbocycles. The Bertz CT molecular complexity index is 646. The smallest absolute Gasteiger partial charge is 0.220 e. The van der Waals surface area contributed by atoms with Crippen LogP contribution in [0.4, 0.5) is 0 Å². The Labute approximate surface area is 130 Å². The molecule has 4 heteroatoms. The number of carbonyl (C=O) groups is 1. The van der Waals surface area contributed by atoms with E-state index < -0.39 is 0 Å². The first kappa shape index (κ1) is 14.2. The van der Waals surface area contributed by atoms with Crippen LogP contribution in [0.25, 0.3) is 0 Å². The Morgan fingerprint density at radius 2 is 2.05 bits per heavy atom. The fourth-order valence-electron chi connectivity index (χ4n) is 2.62. The topological polar surface area (TPSA) is 25.2 Å². The fraction of sp³-hybridized carbons (Fsp3) is 0.353. The van der Waals surface area contributed by atoms with Crippen LogP contribution in [0.3, 0.4) is 0 Å². The van der Waals surface area contributed by atoms with Gasteiger partial charge in [0.25, 0.3) is 0 Å². The summed E-state index contributed by atoms with van der Waals surface area (Å²) in [6.07, 6.45) is 4.31. The van der Waals surface area contributed by atoms with Crippen LogP contribution in [0.15, 0.2) is 42.6 Å². The number of amides is 1. The summed E-state index contributed by atoms with van der Waals surface area (Å²) in [4.78, 5) is 13.7. The first-order valence-corrected chi connectivity index (χ1v) is 7.67. The second-order valence-electron chi connectivity index (χ2n) is 5.60. The number of aromatic nitrogens is 1. The molecule has 1 aliphatic rings. The van der Waals surface area contributed by atoms with Crippen LogP contribution in [-0.4, -0.2) is 21.4 Å². The van der Waals surface area contributed by atoms with E-state index >= 15 is 0 Å². The normalized spacial score (nSPS) is 14.2. The molecule has 1 aliphatic carbocycles. The molecule has 0 bridgehead atoms. The molecule has 0 unspecified atom stereocenters. The van der Waals surface area contributed by atoms with Crippen molar-refractivity contribution in [2.24, 2.45) is 0 Å². The SMILES string of the molecule is CC(=O)N(Cc1cccn1Cc1ccccc1Cl)C1CC1. The van der Waals surface area contributed by atoms with Crippen LogP contribution in [-0.2, 0) is 17.9 Å². The van der Waals surface area contributed by atoms with E-state index in [0.717, 1.165) is 35.7 Å². The summed E-state index contributed by atoms with van der Waals surface area (Å²) in [6.45, 7) is 3.07. The van der Waals surface area contributed by atoms with Crippen LogP contribution in [0.1, 0.15) is 31.0 Å². The van der Waals surface area contributed by atoms with Crippen molar-refractivity contribution >= 4 is 17.5 Å². The zero-order valence-electron chi connectivity index (χ0n) is 12.1. The number of benzene rings is 1. The van der Waals surface area contributed by atoms with Crippen molar-refractivity contribution < 1.29 is 4.79 Å². The molecule has 110 valence electrons. The lowest BCUT2D eigenvalue weighted by molar-refractivity contribution is -0.130. The number of nitrogens with zero attached hydrogens (tertiary/aromatic N) is 2. The quantitative estimate of drug-likeness (QED) is 0.826. The summed E-state index contributed by atoms with van der Waals surface area (Å²) in [7, 11) is 0. The van der Waals surface area contributed by atoms with E-state index in [9.17, 15) is 4.79 Å². The lowest BCUT2D eigenvalue weighted by atomic mass is 10.2. The van der Waals surface area contributed by atoms with E-state index in [2.05, 4.69) is 10.6 Å². The van der Waals surface area contributed by atoms with Gasteiger partial charge in [0.2, 0.25) is 5.91 Å². The Morgan fingerprint density at radius 1 is 1.29 bits per heavy atom. The monoisotopic (exact) mass is 302 g/mol. The maximum Gasteiger partial charge on any atom is 0.220 e. The van der Waals surface area contributed by atoms with Gasteiger partial charge in [0.15, 0.2) is 0 Å². The van der Waals surface area contributed by atoms with E-state index in [4.69, 9.17) is 11.6 Å². The third kappa shape index (κ3) is 3.30. The number of rotatable bonds is 5. The Morgan fingerprint density at radius 3 is 2.71 bits per heavy atom. The van der Waals surface area contributed by atoms with Gasteiger partial charge >= 0.3 is 0 Å². The molecule has 0 spiro atoms. The third-order valence-electron chi connectivity index (χ3n) is 3.95. The first-order chi connectivity index (χ1) is 10.1. The van der Waals surface area contributed by atoms with Crippen LogP contribution < -0.4 is 0 Å². The van der Waals surface area contributed by atoms with Crippen LogP contribution in [0.2, 0.25) is 5.02 Å². The standard InChI is InChI=1S/C17H19ClN2O/c1-13(21)20(15-8-9-15)12-16-6-4-10-19(16)11-14-5-2-3-7-17(14)18/h2-7,10,15H,8-9,11-12H2,1H3. The lowest BCUT2D eigenvalue weighted by Gasteiger charge is -2.22. The third-order valence-corrected chi connectivity index (χ3v) is 4.32. The molecular formula is C17H19ClN2O. The van der Waals surface area contributed by atoms with Crippen molar-refractivity contribution in [3.8, 4) is 0 Å². The van der Waals surface area contributed by atoms with Crippen LogP contribution >= 0.6 is 11.6 Å². The van der Waals surface area contributed by atoms with Gasteiger partial charge in [0.1, 0.15) is 0 Å². The molecule has 1 aromatic heterocycles. The van der Waals surface area contributed by atoms with Gasteiger partial charge in [-0.3, -0.25) is 4.79 Å². The average molecular weight is 303 g/mol. The Kier molecular flexibility index (Phi) is 4.02. The predicted octanol–water partition coefficient (Wildman–Crippen LogP) is 3.70. The van der Waals surface area contributed by atoms with Gasteiger partial charge in [-0.05, 0) is 36.6 Å². The summed E-state index contributed by atoms with van der Waals surface area (Å²) < 4.78 is 2.17. The Balaban J connectivity index is 1.77. The number of hydrogen-bond donors (Lipinski definition) is 0. The molecular weight excluding hydrogens is 284 g/mol. The van der Waals surface area contributed by atoms with Crippen LogP contribution in [0.5, 0.6) is 0 Å². The zero-order valence-corrected chi connectivity index (χ0v) is 12.9. The molecule has 0 N–H and O–H groups in total. The summed E-state index contributed by atoms with van der Waals surface area (Å²) in [6, 6.07) is 12.4. The largest absolute Gasteiger partial charge is 0.345 e. The molecule has 1 heterocycles. The maximum atomic E-state index is 11.8. The summed E-state index contributed by atoms with van der Waals surface area (Å²) in [5.41, 5.74) is 2.24. The number of carbonyl (C=O) groups excluding carboxylic acids is 1. The molecule has 1 saturated carbocycles. The van der Waals surface area contributed by atoms with E-state index in [1.807, 2.05) is 41.4 Å². The molecule has 0 aliphatic heterocycles. The molecule has 1 amide bonds. The van der Waals surface area contributed by atoms with Crippen LogP contribution in [0, 0.1) is 0 Å². The lowest BCUT2D eigenvalue weighted by Crippen LogP contribution is -2.31. The van der Waals surface area contributed by atoms with Crippen molar-refractivity contribution in [3.05, 3.63) is 58.9 Å². The molecule has 0 saturated heterocycles. The van der Waals surface area contributed by atoms with Gasteiger partial charge in [-0.1, -0.05) is 29.8 Å². The first-order valence-electron chi connectivity index (χ1n) is 7.30. The summed E-state index contributed by atoms with van der Waals surface area (Å²) in [5, 5.41) is 0.780. The van der Waals surface area contributed by atoms with Gasteiger partial charge in [-0.2, -0.15) is 0 Å². The second-order valence-corrected chi connectivity index (χ2v) is 6.00. The zero-order chi connectivity index (χ0) is 14.8. The second kappa shape index (κ2) is 5.94. The minimum atomic E-state index is 0.156. The molecule has 2 aromatic rings. The van der Waals surface area contributed by atoms with E-state index in [1.54, 1.807) is 6.92 Å². The van der Waals surface area contributed by atoms with Crippen molar-refractivity contribution in [2.45, 2.75) is 38.9 Å². The highest BCUT2D eigenvalue weighted by molar-refractivity contribution is 6.31. The highest BCUT2D eigenvalue weighted by atomic mass is 35.5. The molecule has 3 rings (SSSR count). The maximum absolute atomic E-state index is 11.8. The minimum absolute atomic E-state index is 0.156. The summed E-state index contributed by atoms with van der Waals surface area (Å²) in [5.74, 6) is 0.156. The summed E-state index contributed by atoms with van der Waals surface area (Å²) >= 11 is 6.23. The highest BCUT2D eigenvalue weighted by Gasteiger charge is 2.31. The van der Waals surface area contributed by atoms with Gasteiger partial charge in [-0.25, -0.2) is 0 Å². The van der Waals surface area contributed by atoms with Gasteiger partial charge in [0, 0.05) is 36.4 Å². The van der Waals surface area contributed by atoms with Gasteiger partial charge in [0.05, 0.1) is 6.54 Å². The van der Waals surface area contributed by atoms with Gasteiger partial charge < -0.3 is 9.47 Å². The van der Waals surface area contributed by atoms with Crippen molar-refractivity contribution in [3.63, 3.8) is 0 Å². The molecule has 1 fully saturated rings. The van der Waals surface area contributed by atoms with E-state index in [-0.39, 0.29) is 5.91 Å². The molecule has 21 heavy (non-hydrogen) atoms.